The molecule has 160 valence electrons. The second kappa shape index (κ2) is 9.38. The summed E-state index contributed by atoms with van der Waals surface area (Å²) in [7, 11) is -8.45. The molecule has 0 fully saturated rings. The van der Waals surface area contributed by atoms with Gasteiger partial charge >= 0.3 is 0 Å². The van der Waals surface area contributed by atoms with Crippen LogP contribution in [0.25, 0.3) is 0 Å². The van der Waals surface area contributed by atoms with Crippen LogP contribution in [0.15, 0.2) is 58.3 Å². The summed E-state index contributed by atoms with van der Waals surface area (Å²) in [5.41, 5.74) is 1.79. The molecule has 2 rings (SSSR count). The van der Waals surface area contributed by atoms with Gasteiger partial charge < -0.3 is 0 Å². The third-order valence-electron chi connectivity index (χ3n) is 4.43. The SMILES string of the molecule is CCCCCC(C)(OS(=O)(=O)c1ccc(C)cc1)OS(=O)(=O)c1ccc(C)cc1. The van der Waals surface area contributed by atoms with Gasteiger partial charge in [0.25, 0.3) is 20.2 Å². The first-order valence-electron chi connectivity index (χ1n) is 9.52. The number of unbranched alkanes of at least 4 members (excludes halogenated alkanes) is 2. The molecule has 0 aliphatic rings. The van der Waals surface area contributed by atoms with Crippen molar-refractivity contribution in [1.82, 2.24) is 0 Å². The normalized spacial score (nSPS) is 12.8. The highest BCUT2D eigenvalue weighted by Crippen LogP contribution is 2.31. The Balaban J connectivity index is 2.34. The van der Waals surface area contributed by atoms with E-state index in [0.717, 1.165) is 24.0 Å². The van der Waals surface area contributed by atoms with E-state index < -0.39 is 26.0 Å². The highest BCUT2D eigenvalue weighted by atomic mass is 32.2. The summed E-state index contributed by atoms with van der Waals surface area (Å²) in [5, 5.41) is 0. The van der Waals surface area contributed by atoms with E-state index in [2.05, 4.69) is 0 Å². The minimum absolute atomic E-state index is 0.0545. The van der Waals surface area contributed by atoms with E-state index >= 15 is 0 Å². The molecule has 0 atom stereocenters. The Morgan fingerprint density at radius 2 is 1.10 bits per heavy atom. The summed E-state index contributed by atoms with van der Waals surface area (Å²) in [5.74, 6) is -1.86. The van der Waals surface area contributed by atoms with Crippen LogP contribution in [0.5, 0.6) is 0 Å². The van der Waals surface area contributed by atoms with Gasteiger partial charge in [-0.2, -0.15) is 16.8 Å². The highest BCUT2D eigenvalue weighted by Gasteiger charge is 2.38. The summed E-state index contributed by atoms with van der Waals surface area (Å²) >= 11 is 0. The molecule has 0 aliphatic carbocycles. The van der Waals surface area contributed by atoms with E-state index in [1.54, 1.807) is 24.3 Å². The van der Waals surface area contributed by atoms with Crippen LogP contribution in [0.4, 0.5) is 0 Å². The van der Waals surface area contributed by atoms with Crippen molar-refractivity contribution >= 4 is 20.2 Å². The monoisotopic (exact) mass is 440 g/mol. The summed E-state index contributed by atoms with van der Waals surface area (Å²) in [6.07, 6.45) is 2.33. The van der Waals surface area contributed by atoms with Gasteiger partial charge in [0.2, 0.25) is 5.79 Å². The van der Waals surface area contributed by atoms with Gasteiger partial charge in [0.15, 0.2) is 0 Å². The number of aryl methyl sites for hydroxylation is 2. The van der Waals surface area contributed by atoms with Crippen LogP contribution in [0, 0.1) is 13.8 Å². The van der Waals surface area contributed by atoms with E-state index in [1.165, 1.54) is 31.2 Å². The lowest BCUT2D eigenvalue weighted by Gasteiger charge is -2.28. The van der Waals surface area contributed by atoms with Crippen LogP contribution in [-0.2, 0) is 28.6 Å². The predicted molar refractivity (Wildman–Crippen MR) is 111 cm³/mol. The van der Waals surface area contributed by atoms with Crippen molar-refractivity contribution in [1.29, 1.82) is 0 Å². The van der Waals surface area contributed by atoms with Crippen LogP contribution in [0.2, 0.25) is 0 Å². The van der Waals surface area contributed by atoms with Gasteiger partial charge in [0.1, 0.15) is 0 Å². The second-order valence-corrected chi connectivity index (χ2v) is 10.4. The molecule has 2 aromatic carbocycles. The molecule has 0 unspecified atom stereocenters. The summed E-state index contributed by atoms with van der Waals surface area (Å²) in [6.45, 7) is 7.01. The van der Waals surface area contributed by atoms with E-state index in [4.69, 9.17) is 8.37 Å². The average molecular weight is 441 g/mol. The molecule has 0 bridgehead atoms. The first kappa shape index (κ1) is 23.5. The molecule has 29 heavy (non-hydrogen) atoms. The molecule has 0 aliphatic heterocycles. The minimum atomic E-state index is -4.22. The maximum absolute atomic E-state index is 12.8. The molecule has 6 nitrogen and oxygen atoms in total. The van der Waals surface area contributed by atoms with Gasteiger partial charge in [-0.1, -0.05) is 55.2 Å². The second-order valence-electron chi connectivity index (χ2n) is 7.29. The minimum Gasteiger partial charge on any atom is -0.230 e. The van der Waals surface area contributed by atoms with E-state index in [9.17, 15) is 16.8 Å². The largest absolute Gasteiger partial charge is 0.299 e. The molecular weight excluding hydrogens is 412 g/mol. The molecule has 0 saturated carbocycles. The average Bonchev–Trinajstić information content (AvgIpc) is 2.61. The quantitative estimate of drug-likeness (QED) is 0.302. The van der Waals surface area contributed by atoms with E-state index in [1.807, 2.05) is 20.8 Å². The summed E-state index contributed by atoms with van der Waals surface area (Å²) < 4.78 is 61.7. The van der Waals surface area contributed by atoms with Crippen molar-refractivity contribution in [3.63, 3.8) is 0 Å². The lowest BCUT2D eigenvalue weighted by Crippen LogP contribution is -2.37. The van der Waals surface area contributed by atoms with Crippen LogP contribution >= 0.6 is 0 Å². The Morgan fingerprint density at radius 1 is 0.724 bits per heavy atom. The van der Waals surface area contributed by atoms with Gasteiger partial charge in [-0.15, -0.1) is 0 Å². The standard InChI is InChI=1S/C21H28O6S2/c1-5-6-7-16-21(4,26-28(22,23)19-12-8-17(2)9-13-19)27-29(24,25)20-14-10-18(3)11-15-20/h8-15H,5-7,16H2,1-4H3. The van der Waals surface area contributed by atoms with Crippen molar-refractivity contribution in [3.8, 4) is 0 Å². The number of hydrogen-bond acceptors (Lipinski definition) is 6. The summed E-state index contributed by atoms with van der Waals surface area (Å²) in [6, 6.07) is 12.3. The van der Waals surface area contributed by atoms with Gasteiger partial charge in [-0.3, -0.25) is 0 Å². The molecule has 0 radical (unpaired) electrons. The first-order valence-corrected chi connectivity index (χ1v) is 12.3. The Hall–Kier alpha value is -1.74. The third kappa shape index (κ3) is 6.64. The third-order valence-corrected chi connectivity index (χ3v) is 7.27. The fraction of sp³-hybridized carbons (Fsp3) is 0.429. The van der Waals surface area contributed by atoms with E-state index in [-0.39, 0.29) is 16.2 Å². The lowest BCUT2D eigenvalue weighted by molar-refractivity contribution is -0.0954. The zero-order chi connectivity index (χ0) is 21.7. The van der Waals surface area contributed by atoms with Crippen LogP contribution in [0.3, 0.4) is 0 Å². The Morgan fingerprint density at radius 3 is 1.45 bits per heavy atom. The topological polar surface area (TPSA) is 86.7 Å². The molecule has 2 aromatic rings. The molecule has 0 heterocycles. The molecule has 8 heteroatoms. The van der Waals surface area contributed by atoms with Gasteiger partial charge in [-0.05, 0) is 51.5 Å². The molecule has 0 N–H and O–H groups in total. The Labute approximate surface area is 174 Å². The van der Waals surface area contributed by atoms with Crippen molar-refractivity contribution in [2.45, 2.75) is 69.0 Å². The smallest absolute Gasteiger partial charge is 0.230 e. The van der Waals surface area contributed by atoms with Gasteiger partial charge in [0.05, 0.1) is 9.79 Å². The zero-order valence-electron chi connectivity index (χ0n) is 17.2. The van der Waals surface area contributed by atoms with Crippen molar-refractivity contribution < 1.29 is 25.2 Å². The number of benzene rings is 2. The molecular formula is C21H28O6S2. The maximum Gasteiger partial charge on any atom is 0.299 e. The van der Waals surface area contributed by atoms with Gasteiger partial charge in [-0.25, -0.2) is 8.37 Å². The predicted octanol–water partition coefficient (Wildman–Crippen LogP) is 4.71. The molecule has 0 spiro atoms. The van der Waals surface area contributed by atoms with Crippen molar-refractivity contribution in [3.05, 3.63) is 59.7 Å². The molecule has 0 aromatic heterocycles. The van der Waals surface area contributed by atoms with Crippen molar-refractivity contribution in [2.24, 2.45) is 0 Å². The van der Waals surface area contributed by atoms with Crippen LogP contribution in [0.1, 0.15) is 50.7 Å². The van der Waals surface area contributed by atoms with Crippen LogP contribution < -0.4 is 0 Å². The Kier molecular flexibility index (Phi) is 7.62. The lowest BCUT2D eigenvalue weighted by atomic mass is 10.1. The Bertz CT molecular complexity index is 930. The van der Waals surface area contributed by atoms with E-state index in [0.29, 0.717) is 6.42 Å². The van der Waals surface area contributed by atoms with Crippen molar-refractivity contribution in [2.75, 3.05) is 0 Å². The first-order chi connectivity index (χ1) is 13.5. The number of hydrogen-bond donors (Lipinski definition) is 0. The highest BCUT2D eigenvalue weighted by molar-refractivity contribution is 7.87. The molecule has 0 amide bonds. The maximum atomic E-state index is 12.8. The number of rotatable bonds is 10. The summed E-state index contributed by atoms with van der Waals surface area (Å²) in [4.78, 5) is -0.109. The molecule has 0 saturated heterocycles. The van der Waals surface area contributed by atoms with Crippen LogP contribution in [-0.4, -0.2) is 22.6 Å². The van der Waals surface area contributed by atoms with Gasteiger partial charge in [0, 0.05) is 6.42 Å². The fourth-order valence-corrected chi connectivity index (χ4v) is 5.10. The fourth-order valence-electron chi connectivity index (χ4n) is 2.76. The zero-order valence-corrected chi connectivity index (χ0v) is 18.8.